The highest BCUT2D eigenvalue weighted by Crippen LogP contribution is 2.50. The van der Waals surface area contributed by atoms with Crippen molar-refractivity contribution in [2.75, 3.05) is 19.7 Å². The Hall–Kier alpha value is -1.82. The molecule has 3 aliphatic heterocycles. The molecule has 2 saturated carbocycles. The fraction of sp³-hybridized carbons (Fsp3) is 0.700. The topological polar surface area (TPSA) is 71.8 Å². The molecule has 1 N–H and O–H groups in total. The minimum Gasteiger partial charge on any atom is -0.466 e. The second-order valence-electron chi connectivity index (χ2n) is 8.78. The van der Waals surface area contributed by atoms with E-state index in [0.717, 1.165) is 51.1 Å². The van der Waals surface area contributed by atoms with E-state index < -0.39 is 5.60 Å². The molecule has 0 aromatic carbocycles. The van der Waals surface area contributed by atoms with Gasteiger partial charge in [-0.15, -0.1) is 0 Å². The summed E-state index contributed by atoms with van der Waals surface area (Å²) in [5, 5.41) is 3.17. The largest absolute Gasteiger partial charge is 0.466 e. The van der Waals surface area contributed by atoms with E-state index in [2.05, 4.69) is 5.32 Å². The van der Waals surface area contributed by atoms with E-state index in [1.54, 1.807) is 6.07 Å². The van der Waals surface area contributed by atoms with Crippen molar-refractivity contribution in [2.45, 2.75) is 51.2 Å². The summed E-state index contributed by atoms with van der Waals surface area (Å²) < 4.78 is 11.2. The minimum atomic E-state index is -0.479. The quantitative estimate of drug-likeness (QED) is 0.898. The number of aryl methyl sites for hydroxylation is 2. The Bertz CT molecular complexity index is 744. The third kappa shape index (κ3) is 2.42. The third-order valence-corrected chi connectivity index (χ3v) is 6.88. The molecular formula is C20H26N2O4. The monoisotopic (exact) mass is 358 g/mol. The number of carbonyl (C=O) groups is 2. The van der Waals surface area contributed by atoms with Gasteiger partial charge in [0, 0.05) is 19.1 Å². The molecule has 2 aliphatic carbocycles. The molecule has 0 radical (unpaired) electrons. The first-order valence-corrected chi connectivity index (χ1v) is 9.75. The fourth-order valence-electron chi connectivity index (χ4n) is 5.61. The molecule has 2 bridgehead atoms. The summed E-state index contributed by atoms with van der Waals surface area (Å²) >= 11 is 0. The molecule has 2 amide bonds. The molecule has 1 aromatic heterocycles. The lowest BCUT2D eigenvalue weighted by Crippen LogP contribution is -2.52. The van der Waals surface area contributed by atoms with Crippen molar-refractivity contribution in [2.24, 2.45) is 17.8 Å². The summed E-state index contributed by atoms with van der Waals surface area (Å²) in [7, 11) is 0. The average molecular weight is 358 g/mol. The van der Waals surface area contributed by atoms with E-state index in [1.165, 1.54) is 0 Å². The second kappa shape index (κ2) is 5.59. The van der Waals surface area contributed by atoms with Crippen molar-refractivity contribution in [1.82, 2.24) is 10.2 Å². The van der Waals surface area contributed by atoms with Crippen molar-refractivity contribution >= 4 is 11.8 Å². The number of hydrogen-bond acceptors (Lipinski definition) is 4. The van der Waals surface area contributed by atoms with Gasteiger partial charge in [0.05, 0.1) is 12.2 Å². The molecule has 5 aliphatic rings. The second-order valence-corrected chi connectivity index (χ2v) is 8.78. The molecule has 2 atom stereocenters. The smallest absolute Gasteiger partial charge is 0.255 e. The van der Waals surface area contributed by atoms with E-state index in [4.69, 9.17) is 9.15 Å². The number of hydrogen-bond donors (Lipinski definition) is 1. The van der Waals surface area contributed by atoms with Gasteiger partial charge in [-0.2, -0.15) is 0 Å². The van der Waals surface area contributed by atoms with Gasteiger partial charge in [-0.25, -0.2) is 0 Å². The van der Waals surface area contributed by atoms with Crippen molar-refractivity contribution in [3.8, 4) is 0 Å². The predicted octanol–water partition coefficient (Wildman–Crippen LogP) is 2.04. The van der Waals surface area contributed by atoms with Gasteiger partial charge in [0.15, 0.2) is 0 Å². The van der Waals surface area contributed by atoms with Crippen molar-refractivity contribution in [3.05, 3.63) is 23.2 Å². The Morgan fingerprint density at radius 1 is 1.19 bits per heavy atom. The van der Waals surface area contributed by atoms with Gasteiger partial charge in [-0.1, -0.05) is 0 Å². The Labute approximate surface area is 153 Å². The summed E-state index contributed by atoms with van der Waals surface area (Å²) in [4.78, 5) is 27.4. The Morgan fingerprint density at radius 3 is 2.42 bits per heavy atom. The zero-order chi connectivity index (χ0) is 18.1. The Kier molecular flexibility index (Phi) is 3.52. The number of fused-ring (bicyclic) bond motifs is 2. The van der Waals surface area contributed by atoms with Gasteiger partial charge in [-0.05, 0) is 63.4 Å². The zero-order valence-corrected chi connectivity index (χ0v) is 15.4. The van der Waals surface area contributed by atoms with Crippen LogP contribution in [0.3, 0.4) is 0 Å². The van der Waals surface area contributed by atoms with Gasteiger partial charge >= 0.3 is 0 Å². The van der Waals surface area contributed by atoms with E-state index in [9.17, 15) is 9.59 Å². The lowest BCUT2D eigenvalue weighted by molar-refractivity contribution is -0.154. The number of nitrogens with zero attached hydrogens (tertiary/aromatic N) is 1. The summed E-state index contributed by atoms with van der Waals surface area (Å²) in [5.41, 5.74) is 0.154. The van der Waals surface area contributed by atoms with Crippen LogP contribution in [0.25, 0.3) is 0 Å². The number of likely N-dealkylation sites (tertiary alicyclic amines) is 1. The molecule has 140 valence electrons. The third-order valence-electron chi connectivity index (χ3n) is 6.88. The SMILES string of the molecule is Cc1cc(C(=O)NC2CC3CN(C(=O)C45CC(CO4)C5)CC3C2)c(C)o1. The molecule has 2 unspecified atom stereocenters. The normalized spacial score (nSPS) is 37.5. The molecule has 26 heavy (non-hydrogen) atoms. The number of furan rings is 1. The highest BCUT2D eigenvalue weighted by atomic mass is 16.5. The maximum Gasteiger partial charge on any atom is 0.255 e. The summed E-state index contributed by atoms with van der Waals surface area (Å²) in [6, 6.07) is 1.99. The number of carbonyl (C=O) groups excluding carboxylic acids is 2. The van der Waals surface area contributed by atoms with Crippen LogP contribution in [0.5, 0.6) is 0 Å². The predicted molar refractivity (Wildman–Crippen MR) is 93.6 cm³/mol. The summed E-state index contributed by atoms with van der Waals surface area (Å²) in [5.74, 6) is 3.19. The molecule has 6 nitrogen and oxygen atoms in total. The van der Waals surface area contributed by atoms with Crippen molar-refractivity contribution < 1.29 is 18.7 Å². The van der Waals surface area contributed by atoms with Crippen LogP contribution in [-0.2, 0) is 9.53 Å². The van der Waals surface area contributed by atoms with Gasteiger partial charge in [0.25, 0.3) is 11.8 Å². The van der Waals surface area contributed by atoms with E-state index >= 15 is 0 Å². The van der Waals surface area contributed by atoms with Crippen LogP contribution in [0.2, 0.25) is 0 Å². The number of amides is 2. The van der Waals surface area contributed by atoms with E-state index in [1.807, 2.05) is 18.7 Å². The highest BCUT2D eigenvalue weighted by Gasteiger charge is 2.59. The number of ether oxygens (including phenoxy) is 1. The van der Waals surface area contributed by atoms with E-state index in [-0.39, 0.29) is 17.9 Å². The van der Waals surface area contributed by atoms with Crippen LogP contribution in [0.15, 0.2) is 10.5 Å². The van der Waals surface area contributed by atoms with Crippen LogP contribution in [-0.4, -0.2) is 48.1 Å². The summed E-state index contributed by atoms with van der Waals surface area (Å²) in [6.45, 7) is 6.07. The molecule has 5 fully saturated rings. The average Bonchev–Trinajstić information content (AvgIpc) is 3.30. The molecule has 6 rings (SSSR count). The molecule has 4 heterocycles. The fourth-order valence-corrected chi connectivity index (χ4v) is 5.61. The lowest BCUT2D eigenvalue weighted by Gasteiger charge is -2.37. The first-order chi connectivity index (χ1) is 12.4. The van der Waals surface area contributed by atoms with Crippen LogP contribution in [0.1, 0.15) is 47.6 Å². The van der Waals surface area contributed by atoms with Gasteiger partial charge in [0.2, 0.25) is 0 Å². The standard InChI is InChI=1S/C20H26N2O4/c1-11-3-17(12(2)26-11)18(23)21-16-4-14-8-22(9-15(14)5-16)19(24)20-6-13(7-20)10-25-20/h3,13-16H,4-10H2,1-2H3,(H,21,23). The van der Waals surface area contributed by atoms with Crippen LogP contribution >= 0.6 is 0 Å². The Morgan fingerprint density at radius 2 is 1.88 bits per heavy atom. The first-order valence-electron chi connectivity index (χ1n) is 9.75. The van der Waals surface area contributed by atoms with Crippen molar-refractivity contribution in [3.63, 3.8) is 0 Å². The molecule has 3 saturated heterocycles. The zero-order valence-electron chi connectivity index (χ0n) is 15.4. The highest BCUT2D eigenvalue weighted by molar-refractivity contribution is 5.95. The maximum atomic E-state index is 12.8. The van der Waals surface area contributed by atoms with Gasteiger partial charge < -0.3 is 19.4 Å². The molecule has 0 spiro atoms. The molecule has 6 heteroatoms. The number of nitrogens with one attached hydrogen (secondary N) is 1. The van der Waals surface area contributed by atoms with Gasteiger partial charge in [0.1, 0.15) is 17.1 Å². The van der Waals surface area contributed by atoms with Crippen LogP contribution in [0, 0.1) is 31.6 Å². The molecular weight excluding hydrogens is 332 g/mol. The number of rotatable bonds is 3. The molecule has 1 aromatic rings. The maximum absolute atomic E-state index is 12.8. The van der Waals surface area contributed by atoms with E-state index in [0.29, 0.717) is 29.1 Å². The van der Waals surface area contributed by atoms with Crippen molar-refractivity contribution in [1.29, 1.82) is 0 Å². The lowest BCUT2D eigenvalue weighted by atomic mass is 9.74. The van der Waals surface area contributed by atoms with Crippen LogP contribution < -0.4 is 5.32 Å². The Balaban J connectivity index is 1.18. The van der Waals surface area contributed by atoms with Gasteiger partial charge in [-0.3, -0.25) is 9.59 Å². The minimum absolute atomic E-state index is 0.0454. The van der Waals surface area contributed by atoms with Crippen LogP contribution in [0.4, 0.5) is 0 Å². The summed E-state index contributed by atoms with van der Waals surface area (Å²) in [6.07, 6.45) is 3.73. The first kappa shape index (κ1) is 16.4.